The monoisotopic (exact) mass is 205 g/mol. The molecule has 2 rings (SSSR count). The Balaban J connectivity index is 2.35. The van der Waals surface area contributed by atoms with Gasteiger partial charge in [-0.1, -0.05) is 24.6 Å². The maximum atomic E-state index is 11.3. The van der Waals surface area contributed by atoms with E-state index >= 15 is 0 Å². The van der Waals surface area contributed by atoms with E-state index in [2.05, 4.69) is 23.6 Å². The van der Waals surface area contributed by atoms with Gasteiger partial charge in [-0.2, -0.15) is 0 Å². The Morgan fingerprint density at radius 1 is 1.53 bits per heavy atom. The predicted octanol–water partition coefficient (Wildman–Crippen LogP) is 1.56. The summed E-state index contributed by atoms with van der Waals surface area (Å²) in [5.41, 5.74) is 2.36. The normalized spacial score (nSPS) is 29.7. The second kappa shape index (κ2) is 3.53. The molecular formula is C11H15N3O. The highest BCUT2D eigenvalue weighted by Gasteiger charge is 2.34. The molecule has 2 aliphatic rings. The van der Waals surface area contributed by atoms with Gasteiger partial charge in [0.15, 0.2) is 0 Å². The first-order valence-electron chi connectivity index (χ1n) is 5.16. The molecule has 0 spiro atoms. The first-order chi connectivity index (χ1) is 7.11. The first kappa shape index (κ1) is 9.96. The fourth-order valence-electron chi connectivity index (χ4n) is 2.18. The number of carbonyl (C=O) groups excluding carboxylic acids is 1. The zero-order valence-electron chi connectivity index (χ0n) is 8.92. The largest absolute Gasteiger partial charge is 0.330 e. The Kier molecular flexibility index (Phi) is 2.34. The van der Waals surface area contributed by atoms with E-state index < -0.39 is 0 Å². The highest BCUT2D eigenvalue weighted by atomic mass is 16.2. The summed E-state index contributed by atoms with van der Waals surface area (Å²) in [4.78, 5) is 11.3. The number of allylic oxidation sites excluding steroid dienone is 2. The second-order valence-electron chi connectivity index (χ2n) is 4.00. The Hall–Kier alpha value is -1.58. The fourth-order valence-corrected chi connectivity index (χ4v) is 2.18. The summed E-state index contributed by atoms with van der Waals surface area (Å²) in [5, 5.41) is 13.1. The van der Waals surface area contributed by atoms with Gasteiger partial charge in [-0.05, 0) is 18.9 Å². The van der Waals surface area contributed by atoms with Gasteiger partial charge in [0.25, 0.3) is 0 Å². The summed E-state index contributed by atoms with van der Waals surface area (Å²) < 4.78 is 0. The van der Waals surface area contributed by atoms with E-state index in [1.165, 1.54) is 5.57 Å². The minimum Gasteiger partial charge on any atom is -0.330 e. The van der Waals surface area contributed by atoms with Crippen molar-refractivity contribution in [2.75, 3.05) is 0 Å². The highest BCUT2D eigenvalue weighted by Crippen LogP contribution is 2.27. The number of urea groups is 1. The number of carbonyl (C=O) groups is 1. The van der Waals surface area contributed by atoms with Gasteiger partial charge in [-0.25, -0.2) is 4.79 Å². The van der Waals surface area contributed by atoms with Crippen molar-refractivity contribution in [2.24, 2.45) is 5.92 Å². The molecule has 1 heterocycles. The lowest BCUT2D eigenvalue weighted by Gasteiger charge is -2.35. The van der Waals surface area contributed by atoms with Crippen LogP contribution in [-0.4, -0.2) is 17.9 Å². The molecule has 4 nitrogen and oxygen atoms in total. The van der Waals surface area contributed by atoms with Gasteiger partial charge in [-0.15, -0.1) is 0 Å². The van der Waals surface area contributed by atoms with Crippen molar-refractivity contribution in [2.45, 2.75) is 26.3 Å². The quantitative estimate of drug-likeness (QED) is 0.597. The van der Waals surface area contributed by atoms with Crippen molar-refractivity contribution >= 4 is 11.9 Å². The van der Waals surface area contributed by atoms with E-state index in [4.69, 9.17) is 5.41 Å². The molecule has 1 aliphatic heterocycles. The number of fused-ring (bicyclic) bond motifs is 1. The zero-order chi connectivity index (χ0) is 11.0. The highest BCUT2D eigenvalue weighted by molar-refractivity contribution is 6.01. The average molecular weight is 205 g/mol. The van der Waals surface area contributed by atoms with Crippen molar-refractivity contribution in [1.82, 2.24) is 10.6 Å². The molecule has 0 aromatic carbocycles. The van der Waals surface area contributed by atoms with E-state index in [0.29, 0.717) is 5.84 Å². The molecule has 0 aromatic heterocycles. The van der Waals surface area contributed by atoms with Crippen LogP contribution in [0.5, 0.6) is 0 Å². The zero-order valence-corrected chi connectivity index (χ0v) is 8.92. The number of nitrogens with one attached hydrogen (secondary N) is 3. The molecule has 0 saturated carbocycles. The maximum Gasteiger partial charge on any atom is 0.320 e. The fraction of sp³-hybridized carbons (Fsp3) is 0.455. The topological polar surface area (TPSA) is 65.0 Å². The van der Waals surface area contributed by atoms with Gasteiger partial charge < -0.3 is 5.32 Å². The molecule has 4 heteroatoms. The lowest BCUT2D eigenvalue weighted by atomic mass is 9.83. The van der Waals surface area contributed by atoms with Gasteiger partial charge in [-0.3, -0.25) is 10.7 Å². The third-order valence-electron chi connectivity index (χ3n) is 2.89. The van der Waals surface area contributed by atoms with Gasteiger partial charge in [0.05, 0.1) is 12.0 Å². The Morgan fingerprint density at radius 2 is 2.27 bits per heavy atom. The van der Waals surface area contributed by atoms with Crippen LogP contribution >= 0.6 is 0 Å². The Labute approximate surface area is 88.9 Å². The first-order valence-corrected chi connectivity index (χ1v) is 5.16. The summed E-state index contributed by atoms with van der Waals surface area (Å²) in [6.07, 6.45) is 5.03. The summed E-state index contributed by atoms with van der Waals surface area (Å²) in [6.45, 7) is 4.09. The molecule has 3 N–H and O–H groups in total. The van der Waals surface area contributed by atoms with Crippen molar-refractivity contribution < 1.29 is 4.79 Å². The lowest BCUT2D eigenvalue weighted by Crippen LogP contribution is -2.58. The number of hydrogen-bond donors (Lipinski definition) is 3. The van der Waals surface area contributed by atoms with Crippen LogP contribution in [0.4, 0.5) is 4.79 Å². The molecule has 0 bridgehead atoms. The molecule has 2 amide bonds. The molecule has 1 aliphatic carbocycles. The molecule has 2 unspecified atom stereocenters. The summed E-state index contributed by atoms with van der Waals surface area (Å²) in [7, 11) is 0. The van der Waals surface area contributed by atoms with Crippen molar-refractivity contribution in [1.29, 1.82) is 5.41 Å². The van der Waals surface area contributed by atoms with E-state index in [1.54, 1.807) is 0 Å². The lowest BCUT2D eigenvalue weighted by molar-refractivity contribution is 0.237. The van der Waals surface area contributed by atoms with Gasteiger partial charge >= 0.3 is 6.03 Å². The summed E-state index contributed by atoms with van der Waals surface area (Å²) in [6, 6.07) is -0.298. The molecule has 1 fully saturated rings. The van der Waals surface area contributed by atoms with E-state index in [-0.39, 0.29) is 18.0 Å². The third kappa shape index (κ3) is 1.67. The maximum absolute atomic E-state index is 11.3. The standard InChI is InChI=1S/C11H15N3O/c1-3-7-4-6(2)5-8-9(7)13-11(15)14-10(8)12/h4-5,8-9H,3H2,1-2H3,(H3,12,13,14,15). The van der Waals surface area contributed by atoms with Crippen LogP contribution in [0.15, 0.2) is 23.3 Å². The Morgan fingerprint density at radius 3 is 2.93 bits per heavy atom. The van der Waals surface area contributed by atoms with Crippen LogP contribution in [-0.2, 0) is 0 Å². The van der Waals surface area contributed by atoms with Crippen LogP contribution < -0.4 is 10.6 Å². The molecule has 0 aromatic rings. The van der Waals surface area contributed by atoms with Crippen molar-refractivity contribution in [3.63, 3.8) is 0 Å². The summed E-state index contributed by atoms with van der Waals surface area (Å²) >= 11 is 0. The third-order valence-corrected chi connectivity index (χ3v) is 2.89. The number of rotatable bonds is 1. The molecule has 0 radical (unpaired) electrons. The minimum absolute atomic E-state index is 0.0253. The average Bonchev–Trinajstić information content (AvgIpc) is 2.18. The van der Waals surface area contributed by atoms with Crippen LogP contribution in [0.1, 0.15) is 20.3 Å². The molecular weight excluding hydrogens is 190 g/mol. The second-order valence-corrected chi connectivity index (χ2v) is 4.00. The molecule has 1 saturated heterocycles. The van der Waals surface area contributed by atoms with Gasteiger partial charge in [0.1, 0.15) is 5.84 Å². The van der Waals surface area contributed by atoms with Crippen LogP contribution in [0.25, 0.3) is 0 Å². The molecule has 15 heavy (non-hydrogen) atoms. The van der Waals surface area contributed by atoms with Crippen molar-refractivity contribution in [3.05, 3.63) is 23.3 Å². The number of hydrogen-bond acceptors (Lipinski definition) is 2. The predicted molar refractivity (Wildman–Crippen MR) is 58.8 cm³/mol. The Bertz CT molecular complexity index is 381. The van der Waals surface area contributed by atoms with Gasteiger partial charge in [0.2, 0.25) is 0 Å². The van der Waals surface area contributed by atoms with E-state index in [9.17, 15) is 4.79 Å². The van der Waals surface area contributed by atoms with E-state index in [0.717, 1.165) is 12.0 Å². The smallest absolute Gasteiger partial charge is 0.320 e. The SMILES string of the molecule is CCC1=CC(C)=CC2C(=N)NC(=O)NC12. The number of amidine groups is 1. The number of amides is 2. The van der Waals surface area contributed by atoms with E-state index in [1.807, 2.05) is 13.0 Å². The van der Waals surface area contributed by atoms with Gasteiger partial charge in [0, 0.05) is 0 Å². The van der Waals surface area contributed by atoms with Crippen LogP contribution in [0.2, 0.25) is 0 Å². The van der Waals surface area contributed by atoms with Crippen LogP contribution in [0, 0.1) is 11.3 Å². The summed E-state index contributed by atoms with van der Waals surface area (Å²) in [5.74, 6) is 0.268. The van der Waals surface area contributed by atoms with Crippen molar-refractivity contribution in [3.8, 4) is 0 Å². The molecule has 2 atom stereocenters. The molecule has 80 valence electrons. The van der Waals surface area contributed by atoms with Crippen LogP contribution in [0.3, 0.4) is 0 Å². The minimum atomic E-state index is -0.270.